The molecular weight excluding hydrogens is 394 g/mol. The molecule has 0 atom stereocenters. The molecule has 4 aromatic rings. The lowest BCUT2D eigenvalue weighted by Gasteiger charge is -2.08. The highest BCUT2D eigenvalue weighted by molar-refractivity contribution is 6.06. The zero-order chi connectivity index (χ0) is 21.2. The summed E-state index contributed by atoms with van der Waals surface area (Å²) in [6, 6.07) is 21.1. The van der Waals surface area contributed by atoms with Crippen molar-refractivity contribution in [2.75, 3.05) is 18.5 Å². The van der Waals surface area contributed by atoms with Gasteiger partial charge in [-0.1, -0.05) is 18.2 Å². The Hall–Kier alpha value is -4.26. The number of benzene rings is 3. The highest BCUT2D eigenvalue weighted by Crippen LogP contribution is 2.20. The largest absolute Gasteiger partial charge is 0.476 e. The molecule has 0 spiro atoms. The molecule has 0 saturated heterocycles. The molecule has 1 N–H and O–H groups in total. The Balaban J connectivity index is 1.41. The number of rotatable bonds is 4. The van der Waals surface area contributed by atoms with E-state index in [0.717, 1.165) is 5.56 Å². The van der Waals surface area contributed by atoms with Crippen molar-refractivity contribution >= 4 is 28.4 Å². The quantitative estimate of drug-likeness (QED) is 0.550. The normalized spacial score (nSPS) is 13.0. The predicted octanol–water partition coefficient (Wildman–Crippen LogP) is 3.88. The molecule has 0 fully saturated rings. The molecule has 1 amide bonds. The summed E-state index contributed by atoms with van der Waals surface area (Å²) in [6.45, 7) is 1.25. The number of aromatic nitrogens is 1. The minimum Gasteiger partial charge on any atom is -0.476 e. The minimum absolute atomic E-state index is 0.211. The molecule has 0 unspecified atom stereocenters. The number of hydrogen-bond donors (Lipinski definition) is 1. The van der Waals surface area contributed by atoms with Crippen molar-refractivity contribution in [1.82, 2.24) is 4.98 Å². The summed E-state index contributed by atoms with van der Waals surface area (Å²) in [4.78, 5) is 33.8. The van der Waals surface area contributed by atoms with E-state index in [1.54, 1.807) is 42.5 Å². The third-order valence-electron chi connectivity index (χ3n) is 4.89. The summed E-state index contributed by atoms with van der Waals surface area (Å²) in [6.07, 6.45) is 0. The molecule has 1 aromatic heterocycles. The number of carbonyl (C=O) groups is 1. The van der Waals surface area contributed by atoms with E-state index in [1.165, 1.54) is 0 Å². The SMILES string of the molecule is O=C(Nc1ccc(C2=NCCO2)cc1)c1ccc2c(=O)oc(-c3ccccc3)nc2c1. The number of nitrogens with zero attached hydrogens (tertiary/aromatic N) is 2. The van der Waals surface area contributed by atoms with Crippen LogP contribution in [0.15, 0.2) is 87.0 Å². The number of nitrogens with one attached hydrogen (secondary N) is 1. The van der Waals surface area contributed by atoms with Crippen LogP contribution in [-0.4, -0.2) is 29.9 Å². The Kier molecular flexibility index (Phi) is 4.76. The van der Waals surface area contributed by atoms with Gasteiger partial charge in [0.25, 0.3) is 5.91 Å². The Labute approximate surface area is 177 Å². The first-order valence-electron chi connectivity index (χ1n) is 9.77. The summed E-state index contributed by atoms with van der Waals surface area (Å²) in [5.41, 5.74) is 2.48. The Bertz CT molecular complexity index is 1360. The lowest BCUT2D eigenvalue weighted by Crippen LogP contribution is -2.13. The summed E-state index contributed by atoms with van der Waals surface area (Å²) < 4.78 is 10.8. The summed E-state index contributed by atoms with van der Waals surface area (Å²) in [5.74, 6) is 0.523. The van der Waals surface area contributed by atoms with Gasteiger partial charge in [-0.05, 0) is 54.6 Å². The van der Waals surface area contributed by atoms with Gasteiger partial charge in [0.05, 0.1) is 17.4 Å². The minimum atomic E-state index is -0.497. The summed E-state index contributed by atoms with van der Waals surface area (Å²) in [5, 5.41) is 3.17. The molecule has 152 valence electrons. The zero-order valence-electron chi connectivity index (χ0n) is 16.4. The third-order valence-corrected chi connectivity index (χ3v) is 4.89. The average Bonchev–Trinajstić information content (AvgIpc) is 3.35. The van der Waals surface area contributed by atoms with Gasteiger partial charge in [-0.25, -0.2) is 14.8 Å². The van der Waals surface area contributed by atoms with E-state index in [0.29, 0.717) is 46.8 Å². The van der Waals surface area contributed by atoms with Gasteiger partial charge < -0.3 is 14.5 Å². The number of fused-ring (bicyclic) bond motifs is 1. The van der Waals surface area contributed by atoms with Gasteiger partial charge in [0, 0.05) is 22.4 Å². The van der Waals surface area contributed by atoms with E-state index < -0.39 is 5.63 Å². The maximum Gasteiger partial charge on any atom is 0.347 e. The van der Waals surface area contributed by atoms with Gasteiger partial charge >= 0.3 is 5.63 Å². The highest BCUT2D eigenvalue weighted by atomic mass is 16.5. The standard InChI is InChI=1S/C24H17N3O4/c28-21(26-18-9-6-16(7-10-18)22-25-12-13-30-22)17-8-11-19-20(14-17)27-23(31-24(19)29)15-4-2-1-3-5-15/h1-11,14H,12-13H2,(H,26,28). The van der Waals surface area contributed by atoms with Gasteiger partial charge in [0.2, 0.25) is 11.8 Å². The molecule has 7 heteroatoms. The number of ether oxygens (including phenoxy) is 1. The van der Waals surface area contributed by atoms with Crippen molar-refractivity contribution in [3.8, 4) is 11.5 Å². The van der Waals surface area contributed by atoms with Gasteiger partial charge in [-0.15, -0.1) is 0 Å². The van der Waals surface area contributed by atoms with E-state index in [2.05, 4.69) is 15.3 Å². The highest BCUT2D eigenvalue weighted by Gasteiger charge is 2.13. The smallest absolute Gasteiger partial charge is 0.347 e. The van der Waals surface area contributed by atoms with E-state index in [4.69, 9.17) is 9.15 Å². The van der Waals surface area contributed by atoms with E-state index in [1.807, 2.05) is 30.3 Å². The van der Waals surface area contributed by atoms with Gasteiger partial charge in [0.1, 0.15) is 6.61 Å². The molecule has 1 aliphatic heterocycles. The van der Waals surface area contributed by atoms with Gasteiger partial charge in [0.15, 0.2) is 0 Å². The van der Waals surface area contributed by atoms with Crippen LogP contribution in [0.3, 0.4) is 0 Å². The summed E-state index contributed by atoms with van der Waals surface area (Å²) in [7, 11) is 0. The second-order valence-electron chi connectivity index (χ2n) is 6.97. The number of carbonyl (C=O) groups excluding carboxylic acids is 1. The van der Waals surface area contributed by atoms with Crippen LogP contribution in [0, 0.1) is 0 Å². The van der Waals surface area contributed by atoms with Crippen molar-refractivity contribution in [3.05, 3.63) is 94.3 Å². The van der Waals surface area contributed by atoms with Crippen molar-refractivity contribution < 1.29 is 13.9 Å². The zero-order valence-corrected chi connectivity index (χ0v) is 16.4. The molecular formula is C24H17N3O4. The van der Waals surface area contributed by atoms with Crippen LogP contribution in [0.1, 0.15) is 15.9 Å². The number of aliphatic imine (C=N–C) groups is 1. The molecule has 1 aliphatic rings. The maximum atomic E-state index is 12.7. The first kappa shape index (κ1) is 18.7. The number of amides is 1. The van der Waals surface area contributed by atoms with Crippen LogP contribution in [0.2, 0.25) is 0 Å². The predicted molar refractivity (Wildman–Crippen MR) is 117 cm³/mol. The molecule has 0 radical (unpaired) electrons. The van der Waals surface area contributed by atoms with Crippen molar-refractivity contribution in [1.29, 1.82) is 0 Å². The van der Waals surface area contributed by atoms with Gasteiger partial charge in [-0.3, -0.25) is 4.79 Å². The van der Waals surface area contributed by atoms with E-state index >= 15 is 0 Å². The lowest BCUT2D eigenvalue weighted by atomic mass is 10.1. The van der Waals surface area contributed by atoms with Crippen molar-refractivity contribution in [2.24, 2.45) is 4.99 Å². The molecule has 5 rings (SSSR count). The van der Waals surface area contributed by atoms with E-state index in [9.17, 15) is 9.59 Å². The molecule has 2 heterocycles. The third kappa shape index (κ3) is 3.81. The fourth-order valence-corrected chi connectivity index (χ4v) is 3.33. The Morgan fingerprint density at radius 2 is 1.74 bits per heavy atom. The van der Waals surface area contributed by atoms with Crippen LogP contribution < -0.4 is 10.9 Å². The molecule has 0 saturated carbocycles. The first-order valence-corrected chi connectivity index (χ1v) is 9.77. The fourth-order valence-electron chi connectivity index (χ4n) is 3.33. The van der Waals surface area contributed by atoms with Crippen molar-refractivity contribution in [2.45, 2.75) is 0 Å². The van der Waals surface area contributed by atoms with Gasteiger partial charge in [-0.2, -0.15) is 0 Å². The fraction of sp³-hybridized carbons (Fsp3) is 0.0833. The van der Waals surface area contributed by atoms with Crippen LogP contribution in [0.5, 0.6) is 0 Å². The number of hydrogen-bond acceptors (Lipinski definition) is 6. The second-order valence-corrected chi connectivity index (χ2v) is 6.97. The molecule has 3 aromatic carbocycles. The molecule has 0 aliphatic carbocycles. The molecule has 0 bridgehead atoms. The Morgan fingerprint density at radius 1 is 0.935 bits per heavy atom. The monoisotopic (exact) mass is 411 g/mol. The summed E-state index contributed by atoms with van der Waals surface area (Å²) >= 11 is 0. The van der Waals surface area contributed by atoms with Crippen LogP contribution in [-0.2, 0) is 4.74 Å². The second kappa shape index (κ2) is 7.87. The first-order chi connectivity index (χ1) is 15.2. The maximum absolute atomic E-state index is 12.7. The topological polar surface area (TPSA) is 93.8 Å². The van der Waals surface area contributed by atoms with E-state index in [-0.39, 0.29) is 11.8 Å². The molecule has 7 nitrogen and oxygen atoms in total. The molecule has 31 heavy (non-hydrogen) atoms. The number of anilines is 1. The lowest BCUT2D eigenvalue weighted by molar-refractivity contribution is 0.102. The van der Waals surface area contributed by atoms with Crippen molar-refractivity contribution in [3.63, 3.8) is 0 Å². The average molecular weight is 411 g/mol. The van der Waals surface area contributed by atoms with Crippen LogP contribution in [0.4, 0.5) is 5.69 Å². The van der Waals surface area contributed by atoms with Crippen LogP contribution in [0.25, 0.3) is 22.4 Å². The Morgan fingerprint density at radius 3 is 2.48 bits per heavy atom. The van der Waals surface area contributed by atoms with Crippen LogP contribution >= 0.6 is 0 Å².